The third-order valence-corrected chi connectivity index (χ3v) is 7.99. The first-order valence-electron chi connectivity index (χ1n) is 12.8. The van der Waals surface area contributed by atoms with Crippen LogP contribution >= 0.6 is 0 Å². The highest BCUT2D eigenvalue weighted by Crippen LogP contribution is 2.42. The number of H-pyrrole nitrogens is 1. The predicted octanol–water partition coefficient (Wildman–Crippen LogP) is 5.45. The summed E-state index contributed by atoms with van der Waals surface area (Å²) in [6.45, 7) is 1.43. The van der Waals surface area contributed by atoms with Crippen LogP contribution in [0.1, 0.15) is 30.0 Å². The smallest absolute Gasteiger partial charge is 0.357 e. The van der Waals surface area contributed by atoms with Crippen LogP contribution in [0.3, 0.4) is 0 Å². The summed E-state index contributed by atoms with van der Waals surface area (Å²) in [7, 11) is -3.49. The van der Waals surface area contributed by atoms with Crippen LogP contribution in [0.4, 0.5) is 17.1 Å². The van der Waals surface area contributed by atoms with Crippen LogP contribution in [-0.4, -0.2) is 48.0 Å². The third-order valence-electron chi connectivity index (χ3n) is 7.59. The van der Waals surface area contributed by atoms with Gasteiger partial charge in [0.2, 0.25) is 0 Å². The lowest BCUT2D eigenvalue weighted by Gasteiger charge is -2.32. The van der Waals surface area contributed by atoms with Crippen LogP contribution < -0.4 is 9.61 Å². The lowest BCUT2D eigenvalue weighted by Crippen LogP contribution is -2.32. The highest BCUT2D eigenvalue weighted by atomic mass is 32.3. The van der Waals surface area contributed by atoms with Gasteiger partial charge in [0, 0.05) is 34.1 Å². The Morgan fingerprint density at radius 2 is 1.83 bits per heavy atom. The maximum absolute atomic E-state index is 14.5. The maximum atomic E-state index is 14.5. The molecule has 6 rings (SSSR count). The van der Waals surface area contributed by atoms with Crippen LogP contribution in [0.25, 0.3) is 44.0 Å². The van der Waals surface area contributed by atoms with Crippen molar-refractivity contribution in [2.45, 2.75) is 25.1 Å². The molecular formula is C28H21F4N5O4S. The molecule has 0 unspecified atom stereocenters. The van der Waals surface area contributed by atoms with Gasteiger partial charge in [0.15, 0.2) is 11.2 Å². The standard InChI is InChI=1S/C28H21F4N5O4S/c1-36-6-4-17(5-7-36)37-24-11-20(16-9-18(14-34-13-16)41-42(32,39)40)22(28(29,30)31)10-21(24)26(38)25-19-3-2-15(12-33)8-23(19)35-27(25)37/h2-3,8-11,13-14,17,35H,4-7H2,1H3. The number of piperidine rings is 1. The molecule has 1 aliphatic rings. The summed E-state index contributed by atoms with van der Waals surface area (Å²) in [6.07, 6.45) is -1.70. The summed E-state index contributed by atoms with van der Waals surface area (Å²) >= 11 is 0. The number of alkyl halides is 3. The number of nitrogens with zero attached hydrogens (tertiary/aromatic N) is 4. The molecule has 9 nitrogen and oxygen atoms in total. The fraction of sp³-hybridized carbons (Fsp3) is 0.250. The quantitative estimate of drug-likeness (QED) is 0.216. The molecule has 0 amide bonds. The summed E-state index contributed by atoms with van der Waals surface area (Å²) in [5.74, 6) is -0.615. The van der Waals surface area contributed by atoms with Crippen molar-refractivity contribution in [2.75, 3.05) is 20.1 Å². The molecule has 0 atom stereocenters. The van der Waals surface area contributed by atoms with Gasteiger partial charge in [-0.05, 0) is 68.9 Å². The van der Waals surface area contributed by atoms with Gasteiger partial charge in [-0.25, -0.2) is 0 Å². The van der Waals surface area contributed by atoms with E-state index in [1.165, 1.54) is 6.07 Å². The first-order chi connectivity index (χ1) is 19.8. The number of nitrogens with one attached hydrogen (secondary N) is 1. The molecule has 5 aromatic rings. The van der Waals surface area contributed by atoms with E-state index in [1.54, 1.807) is 18.2 Å². The largest absolute Gasteiger partial charge is 0.488 e. The number of hydrogen-bond donors (Lipinski definition) is 1. The lowest BCUT2D eigenvalue weighted by molar-refractivity contribution is -0.137. The van der Waals surface area contributed by atoms with Gasteiger partial charge in [0.25, 0.3) is 0 Å². The third kappa shape index (κ3) is 4.84. The van der Waals surface area contributed by atoms with E-state index < -0.39 is 39.0 Å². The molecule has 1 aliphatic heterocycles. The van der Waals surface area contributed by atoms with Gasteiger partial charge < -0.3 is 18.6 Å². The molecule has 1 saturated heterocycles. The van der Waals surface area contributed by atoms with Crippen molar-refractivity contribution < 1.29 is 29.7 Å². The van der Waals surface area contributed by atoms with Gasteiger partial charge in [-0.1, -0.05) is 9.95 Å². The average Bonchev–Trinajstić information content (AvgIpc) is 3.30. The number of rotatable bonds is 4. The Morgan fingerprint density at radius 1 is 1.10 bits per heavy atom. The zero-order valence-electron chi connectivity index (χ0n) is 21.9. The minimum atomic E-state index is -5.46. The second-order valence-corrected chi connectivity index (χ2v) is 11.2. The van der Waals surface area contributed by atoms with Gasteiger partial charge in [-0.3, -0.25) is 9.78 Å². The Bertz CT molecular complexity index is 2110. The van der Waals surface area contributed by atoms with Crippen molar-refractivity contribution in [3.8, 4) is 22.9 Å². The van der Waals surface area contributed by atoms with Gasteiger partial charge in [0.05, 0.1) is 34.3 Å². The molecule has 1 N–H and O–H groups in total. The monoisotopic (exact) mass is 599 g/mol. The maximum Gasteiger partial charge on any atom is 0.488 e. The number of nitriles is 1. The molecule has 3 aromatic heterocycles. The van der Waals surface area contributed by atoms with E-state index in [4.69, 9.17) is 0 Å². The minimum absolute atomic E-state index is 0.158. The Labute approximate surface area is 236 Å². The van der Waals surface area contributed by atoms with Crippen molar-refractivity contribution in [1.29, 1.82) is 5.26 Å². The van der Waals surface area contributed by atoms with Gasteiger partial charge in [-0.2, -0.15) is 26.9 Å². The van der Waals surface area contributed by atoms with Crippen LogP contribution in [0, 0.1) is 11.3 Å². The van der Waals surface area contributed by atoms with Crippen molar-refractivity contribution >= 4 is 43.3 Å². The molecule has 14 heteroatoms. The van der Waals surface area contributed by atoms with Gasteiger partial charge in [-0.15, -0.1) is 0 Å². The zero-order chi connectivity index (χ0) is 30.0. The van der Waals surface area contributed by atoms with Crippen molar-refractivity contribution in [1.82, 2.24) is 19.4 Å². The first-order valence-corrected chi connectivity index (χ1v) is 14.1. The molecule has 42 heavy (non-hydrogen) atoms. The van der Waals surface area contributed by atoms with Crippen molar-refractivity contribution in [3.63, 3.8) is 0 Å². The highest BCUT2D eigenvalue weighted by molar-refractivity contribution is 7.81. The molecule has 216 valence electrons. The van der Waals surface area contributed by atoms with Crippen LogP contribution in [0.2, 0.25) is 0 Å². The molecule has 0 radical (unpaired) electrons. The predicted molar refractivity (Wildman–Crippen MR) is 147 cm³/mol. The summed E-state index contributed by atoms with van der Waals surface area (Å²) in [5, 5.41) is 9.92. The Kier molecular flexibility index (Phi) is 6.47. The van der Waals surface area contributed by atoms with Crippen LogP contribution in [0.5, 0.6) is 5.75 Å². The zero-order valence-corrected chi connectivity index (χ0v) is 22.7. The van der Waals surface area contributed by atoms with E-state index in [0.29, 0.717) is 48.0 Å². The number of aromatic amines is 1. The highest BCUT2D eigenvalue weighted by Gasteiger charge is 2.36. The topological polar surface area (TPSA) is 121 Å². The molecule has 0 saturated carbocycles. The molecule has 2 aromatic carbocycles. The van der Waals surface area contributed by atoms with E-state index in [2.05, 4.69) is 19.1 Å². The van der Waals surface area contributed by atoms with Crippen LogP contribution in [0.15, 0.2) is 53.6 Å². The molecule has 1 fully saturated rings. The minimum Gasteiger partial charge on any atom is -0.357 e. The molecule has 0 bridgehead atoms. The van der Waals surface area contributed by atoms with E-state index in [1.807, 2.05) is 17.7 Å². The second kappa shape index (κ2) is 9.81. The lowest BCUT2D eigenvalue weighted by atomic mass is 9.95. The van der Waals surface area contributed by atoms with Gasteiger partial charge >= 0.3 is 16.7 Å². The number of halogens is 4. The average molecular weight is 600 g/mol. The van der Waals surface area contributed by atoms with Crippen molar-refractivity contribution in [2.24, 2.45) is 0 Å². The number of aromatic nitrogens is 3. The van der Waals surface area contributed by atoms with E-state index in [9.17, 15) is 35.5 Å². The molecule has 4 heterocycles. The summed E-state index contributed by atoms with van der Waals surface area (Å²) in [5.41, 5.74) is -0.876. The fourth-order valence-corrected chi connectivity index (χ4v) is 6.04. The van der Waals surface area contributed by atoms with E-state index in [0.717, 1.165) is 24.5 Å². The van der Waals surface area contributed by atoms with Gasteiger partial charge in [0.1, 0.15) is 5.65 Å². The van der Waals surface area contributed by atoms with E-state index >= 15 is 0 Å². The number of hydrogen-bond acceptors (Lipinski definition) is 7. The molecular weight excluding hydrogens is 578 g/mol. The summed E-state index contributed by atoms with van der Waals surface area (Å²) in [4.78, 5) is 23.0. The Balaban J connectivity index is 1.73. The number of benzene rings is 2. The summed E-state index contributed by atoms with van der Waals surface area (Å²) in [6, 6.07) is 9.55. The Morgan fingerprint density at radius 3 is 2.50 bits per heavy atom. The van der Waals surface area contributed by atoms with E-state index in [-0.39, 0.29) is 27.9 Å². The SMILES string of the molecule is CN1CCC(n2c3cc(-c4cncc(OS(=O)(=O)F)c4)c(C(F)(F)F)cc3c(=O)c3c4ccc(C#N)cc4[nH]c32)CC1. The van der Waals surface area contributed by atoms with Crippen molar-refractivity contribution in [3.05, 3.63) is 70.1 Å². The number of pyridine rings is 2. The molecule has 0 aliphatic carbocycles. The normalized spacial score (nSPS) is 15.4. The number of fused-ring (bicyclic) bond motifs is 4. The Hall–Kier alpha value is -4.48. The summed E-state index contributed by atoms with van der Waals surface area (Å²) < 4.78 is 84.7. The second-order valence-electron chi connectivity index (χ2n) is 10.3. The first kappa shape index (κ1) is 27.7. The fourth-order valence-electron chi connectivity index (χ4n) is 5.72. The molecule has 0 spiro atoms. The van der Waals surface area contributed by atoms with Crippen LogP contribution in [-0.2, 0) is 16.7 Å². The number of likely N-dealkylation sites (tertiary alicyclic amines) is 1.